The predicted octanol–water partition coefficient (Wildman–Crippen LogP) is 2.44. The number of anilines is 1. The van der Waals surface area contributed by atoms with E-state index in [9.17, 15) is 9.59 Å². The second kappa shape index (κ2) is 7.55. The number of piperazine rings is 1. The molecule has 8 heteroatoms. The zero-order valence-corrected chi connectivity index (χ0v) is 16.4. The van der Waals surface area contributed by atoms with E-state index >= 15 is 0 Å². The standard InChI is InChI=1S/C20H21N5O2S/c1-2-25-19(27)16-4-3-14(13-17(16)22-20(25)28)18(26)24-11-9-23(10-12-24)15-5-7-21-8-6-15/h3-8,13H,2,9-12H2,1H3,(H,22,28). The van der Waals surface area contributed by atoms with Crippen LogP contribution in [0.3, 0.4) is 0 Å². The predicted molar refractivity (Wildman–Crippen MR) is 111 cm³/mol. The Bertz CT molecular complexity index is 1130. The summed E-state index contributed by atoms with van der Waals surface area (Å²) in [5, 5.41) is 0.537. The number of H-pyrrole nitrogens is 1. The number of nitrogens with one attached hydrogen (secondary N) is 1. The lowest BCUT2D eigenvalue weighted by Gasteiger charge is -2.36. The molecule has 0 bridgehead atoms. The Morgan fingerprint density at radius 2 is 1.86 bits per heavy atom. The second-order valence-corrected chi connectivity index (χ2v) is 7.11. The molecule has 0 unspecified atom stereocenters. The lowest BCUT2D eigenvalue weighted by molar-refractivity contribution is 0.0747. The van der Waals surface area contributed by atoms with Gasteiger partial charge in [-0.15, -0.1) is 0 Å². The number of carbonyl (C=O) groups excluding carboxylic acids is 1. The Hall–Kier alpha value is -3.00. The number of benzene rings is 1. The van der Waals surface area contributed by atoms with Gasteiger partial charge in [0.1, 0.15) is 0 Å². The van der Waals surface area contributed by atoms with Crippen LogP contribution in [0.4, 0.5) is 5.69 Å². The van der Waals surface area contributed by atoms with Gasteiger partial charge in [-0.25, -0.2) is 0 Å². The lowest BCUT2D eigenvalue weighted by atomic mass is 10.1. The van der Waals surface area contributed by atoms with Gasteiger partial charge in [0.05, 0.1) is 10.9 Å². The first-order valence-electron chi connectivity index (χ1n) is 9.29. The van der Waals surface area contributed by atoms with Gasteiger partial charge in [-0.1, -0.05) is 0 Å². The van der Waals surface area contributed by atoms with Crippen LogP contribution in [0.5, 0.6) is 0 Å². The van der Waals surface area contributed by atoms with Crippen molar-refractivity contribution in [3.8, 4) is 0 Å². The van der Waals surface area contributed by atoms with Gasteiger partial charge in [0.15, 0.2) is 4.77 Å². The highest BCUT2D eigenvalue weighted by molar-refractivity contribution is 7.71. The third-order valence-electron chi connectivity index (χ3n) is 5.14. The Labute approximate surface area is 167 Å². The molecule has 1 N–H and O–H groups in total. The molecule has 0 saturated carbocycles. The van der Waals surface area contributed by atoms with Crippen LogP contribution >= 0.6 is 12.2 Å². The average Bonchev–Trinajstić information content (AvgIpc) is 2.74. The molecule has 0 atom stereocenters. The van der Waals surface area contributed by atoms with E-state index in [-0.39, 0.29) is 11.5 Å². The van der Waals surface area contributed by atoms with Crippen LogP contribution in [-0.4, -0.2) is 51.5 Å². The fourth-order valence-electron chi connectivity index (χ4n) is 3.58. The number of rotatable bonds is 3. The largest absolute Gasteiger partial charge is 0.368 e. The van der Waals surface area contributed by atoms with Crippen LogP contribution in [-0.2, 0) is 6.54 Å². The van der Waals surface area contributed by atoms with Crippen molar-refractivity contribution in [2.45, 2.75) is 13.5 Å². The number of aromatic amines is 1. The van der Waals surface area contributed by atoms with E-state index in [0.717, 1.165) is 18.8 Å². The van der Waals surface area contributed by atoms with Crippen molar-refractivity contribution < 1.29 is 4.79 Å². The van der Waals surface area contributed by atoms with E-state index in [1.807, 2.05) is 24.0 Å². The third kappa shape index (κ3) is 3.31. The summed E-state index contributed by atoms with van der Waals surface area (Å²) in [6, 6.07) is 9.11. The SMILES string of the molecule is CCn1c(=S)[nH]c2cc(C(=O)N3CCN(c4ccncc4)CC3)ccc2c1=O. The van der Waals surface area contributed by atoms with Gasteiger partial charge in [0.2, 0.25) is 0 Å². The zero-order chi connectivity index (χ0) is 19.7. The van der Waals surface area contributed by atoms with Crippen LogP contribution in [0.1, 0.15) is 17.3 Å². The molecule has 3 aromatic rings. The quantitative estimate of drug-likeness (QED) is 0.690. The van der Waals surface area contributed by atoms with E-state index < -0.39 is 0 Å². The van der Waals surface area contributed by atoms with Crippen LogP contribution in [0.25, 0.3) is 10.9 Å². The minimum atomic E-state index is -0.133. The summed E-state index contributed by atoms with van der Waals surface area (Å²) in [5.74, 6) is -0.0322. The van der Waals surface area contributed by atoms with Gasteiger partial charge in [-0.3, -0.25) is 19.1 Å². The first kappa shape index (κ1) is 18.4. The van der Waals surface area contributed by atoms with Gasteiger partial charge in [0.25, 0.3) is 11.5 Å². The van der Waals surface area contributed by atoms with Crippen molar-refractivity contribution in [1.29, 1.82) is 0 Å². The number of nitrogens with zero attached hydrogens (tertiary/aromatic N) is 4. The molecule has 7 nitrogen and oxygen atoms in total. The van der Waals surface area contributed by atoms with E-state index in [1.165, 1.54) is 4.57 Å². The molecule has 1 amide bonds. The summed E-state index contributed by atoms with van der Waals surface area (Å²) in [4.78, 5) is 36.7. The molecule has 1 aliphatic heterocycles. The molecule has 1 saturated heterocycles. The van der Waals surface area contributed by atoms with Gasteiger partial charge in [-0.2, -0.15) is 0 Å². The summed E-state index contributed by atoms with van der Waals surface area (Å²) >= 11 is 5.26. The van der Waals surface area contributed by atoms with Crippen molar-refractivity contribution in [2.75, 3.05) is 31.1 Å². The molecular formula is C20H21N5O2S. The molecule has 4 rings (SSSR count). The lowest BCUT2D eigenvalue weighted by Crippen LogP contribution is -2.48. The van der Waals surface area contributed by atoms with Crippen LogP contribution in [0.15, 0.2) is 47.5 Å². The van der Waals surface area contributed by atoms with E-state index in [1.54, 1.807) is 30.6 Å². The highest BCUT2D eigenvalue weighted by Crippen LogP contribution is 2.17. The van der Waals surface area contributed by atoms with Gasteiger partial charge in [-0.05, 0) is 49.5 Å². The molecule has 0 spiro atoms. The number of amides is 1. The van der Waals surface area contributed by atoms with Crippen molar-refractivity contribution in [3.05, 3.63) is 63.4 Å². The maximum atomic E-state index is 13.0. The average molecular weight is 395 g/mol. The molecule has 3 heterocycles. The smallest absolute Gasteiger partial charge is 0.262 e. The number of hydrogen-bond donors (Lipinski definition) is 1. The van der Waals surface area contributed by atoms with E-state index in [2.05, 4.69) is 14.9 Å². The van der Waals surface area contributed by atoms with E-state index in [4.69, 9.17) is 12.2 Å². The summed E-state index contributed by atoms with van der Waals surface area (Å²) in [7, 11) is 0. The van der Waals surface area contributed by atoms with Crippen LogP contribution in [0.2, 0.25) is 0 Å². The molecule has 144 valence electrons. The normalized spacial score (nSPS) is 14.5. The second-order valence-electron chi connectivity index (χ2n) is 6.72. The highest BCUT2D eigenvalue weighted by atomic mass is 32.1. The third-order valence-corrected chi connectivity index (χ3v) is 5.46. The Morgan fingerprint density at radius 1 is 1.14 bits per heavy atom. The van der Waals surface area contributed by atoms with Gasteiger partial charge in [0, 0.05) is 56.4 Å². The molecule has 28 heavy (non-hydrogen) atoms. The molecule has 0 radical (unpaired) electrons. The molecule has 0 aliphatic carbocycles. The first-order chi connectivity index (χ1) is 13.6. The fraction of sp³-hybridized carbons (Fsp3) is 0.300. The number of aromatic nitrogens is 3. The van der Waals surface area contributed by atoms with Gasteiger partial charge >= 0.3 is 0 Å². The summed E-state index contributed by atoms with van der Waals surface area (Å²) < 4.78 is 1.88. The summed E-state index contributed by atoms with van der Waals surface area (Å²) in [6.07, 6.45) is 3.55. The van der Waals surface area contributed by atoms with E-state index in [0.29, 0.717) is 40.9 Å². The van der Waals surface area contributed by atoms with Gasteiger partial charge < -0.3 is 14.8 Å². The minimum Gasteiger partial charge on any atom is -0.368 e. The topological polar surface area (TPSA) is 74.2 Å². The Morgan fingerprint density at radius 3 is 2.54 bits per heavy atom. The number of pyridine rings is 1. The number of hydrogen-bond acceptors (Lipinski definition) is 5. The van der Waals surface area contributed by atoms with Crippen LogP contribution < -0.4 is 10.5 Å². The molecule has 1 fully saturated rings. The summed E-state index contributed by atoms with van der Waals surface area (Å²) in [6.45, 7) is 5.21. The zero-order valence-electron chi connectivity index (χ0n) is 15.6. The number of carbonyl (C=O) groups is 1. The molecule has 1 aromatic carbocycles. The maximum absolute atomic E-state index is 13.0. The Balaban J connectivity index is 1.55. The molecular weight excluding hydrogens is 374 g/mol. The van der Waals surface area contributed by atoms with Crippen molar-refractivity contribution in [3.63, 3.8) is 0 Å². The van der Waals surface area contributed by atoms with Crippen molar-refractivity contribution in [2.24, 2.45) is 0 Å². The molecule has 1 aliphatic rings. The highest BCUT2D eigenvalue weighted by Gasteiger charge is 2.22. The van der Waals surface area contributed by atoms with Crippen LogP contribution in [0, 0.1) is 4.77 Å². The van der Waals surface area contributed by atoms with Crippen molar-refractivity contribution >= 4 is 34.7 Å². The fourth-order valence-corrected chi connectivity index (χ4v) is 3.90. The maximum Gasteiger partial charge on any atom is 0.262 e. The summed E-state index contributed by atoms with van der Waals surface area (Å²) in [5.41, 5.74) is 2.14. The van der Waals surface area contributed by atoms with Crippen molar-refractivity contribution in [1.82, 2.24) is 19.4 Å². The Kier molecular flexibility index (Phi) is 4.95. The molecule has 2 aromatic heterocycles. The number of fused-ring (bicyclic) bond motifs is 1. The first-order valence-corrected chi connectivity index (χ1v) is 9.70. The minimum absolute atomic E-state index is 0.0322. The monoisotopic (exact) mass is 395 g/mol.